The van der Waals surface area contributed by atoms with Crippen molar-refractivity contribution >= 4 is 23.1 Å². The Morgan fingerprint density at radius 3 is 2.89 bits per heavy atom. The van der Waals surface area contributed by atoms with E-state index in [4.69, 9.17) is 17.3 Å². The van der Waals surface area contributed by atoms with Crippen LogP contribution in [-0.4, -0.2) is 29.0 Å². The molecule has 0 aromatic carbocycles. The Kier molecular flexibility index (Phi) is 3.68. The number of anilines is 1. The predicted molar refractivity (Wildman–Crippen MR) is 69.9 cm³/mol. The van der Waals surface area contributed by atoms with Crippen molar-refractivity contribution in [3.8, 4) is 0 Å². The van der Waals surface area contributed by atoms with Crippen molar-refractivity contribution in [2.45, 2.75) is 19.4 Å². The van der Waals surface area contributed by atoms with E-state index in [0.717, 1.165) is 13.0 Å². The Labute approximate surface area is 110 Å². The molecular formula is C11H15ClN4O2. The first kappa shape index (κ1) is 13.0. The number of aromatic nitrogens is 1. The third-order valence-corrected chi connectivity index (χ3v) is 3.29. The highest BCUT2D eigenvalue weighted by atomic mass is 35.5. The van der Waals surface area contributed by atoms with Crippen molar-refractivity contribution in [1.82, 2.24) is 4.98 Å². The summed E-state index contributed by atoms with van der Waals surface area (Å²) in [5.41, 5.74) is 5.86. The minimum atomic E-state index is -0.507. The van der Waals surface area contributed by atoms with E-state index in [1.807, 2.05) is 4.90 Å². The third-order valence-electron chi connectivity index (χ3n) is 3.01. The minimum absolute atomic E-state index is 0.0850. The van der Waals surface area contributed by atoms with Crippen LogP contribution in [-0.2, 0) is 0 Å². The van der Waals surface area contributed by atoms with Crippen LogP contribution in [0.5, 0.6) is 0 Å². The van der Waals surface area contributed by atoms with Crippen molar-refractivity contribution in [3.63, 3.8) is 0 Å². The smallest absolute Gasteiger partial charge is 0.289 e. The molecule has 1 aliphatic heterocycles. The molecule has 18 heavy (non-hydrogen) atoms. The second kappa shape index (κ2) is 5.07. The van der Waals surface area contributed by atoms with E-state index in [2.05, 4.69) is 11.9 Å². The quantitative estimate of drug-likeness (QED) is 0.654. The fraction of sp³-hybridized carbons (Fsp3) is 0.545. The van der Waals surface area contributed by atoms with Gasteiger partial charge in [-0.3, -0.25) is 10.1 Å². The Balaban J connectivity index is 2.25. The molecule has 6 nitrogen and oxygen atoms in total. The zero-order valence-corrected chi connectivity index (χ0v) is 10.8. The van der Waals surface area contributed by atoms with Crippen LogP contribution >= 0.6 is 11.6 Å². The Hall–Kier alpha value is -1.40. The number of nitrogens with zero attached hydrogens (tertiary/aromatic N) is 3. The molecule has 0 saturated carbocycles. The molecule has 2 heterocycles. The lowest BCUT2D eigenvalue weighted by Crippen LogP contribution is -2.46. The van der Waals surface area contributed by atoms with Gasteiger partial charge in [0.05, 0.1) is 9.95 Å². The van der Waals surface area contributed by atoms with Crippen LogP contribution < -0.4 is 10.6 Å². The molecule has 2 rings (SSSR count). The summed E-state index contributed by atoms with van der Waals surface area (Å²) in [5, 5.41) is 10.9. The van der Waals surface area contributed by atoms with Gasteiger partial charge in [-0.05, 0) is 12.3 Å². The third kappa shape index (κ3) is 2.70. The van der Waals surface area contributed by atoms with Gasteiger partial charge in [-0.1, -0.05) is 18.5 Å². The number of pyridine rings is 1. The second-order valence-electron chi connectivity index (χ2n) is 4.76. The Morgan fingerprint density at radius 2 is 2.33 bits per heavy atom. The normalized spacial score (nSPS) is 24.1. The van der Waals surface area contributed by atoms with Gasteiger partial charge in [-0.15, -0.1) is 0 Å². The zero-order valence-electron chi connectivity index (χ0n) is 10.0. The maximum atomic E-state index is 10.6. The molecule has 1 fully saturated rings. The molecule has 2 unspecified atom stereocenters. The molecule has 1 saturated heterocycles. The van der Waals surface area contributed by atoms with E-state index in [-0.39, 0.29) is 11.7 Å². The summed E-state index contributed by atoms with van der Waals surface area (Å²) in [6.07, 6.45) is 2.20. The first-order chi connectivity index (χ1) is 8.47. The van der Waals surface area contributed by atoms with Crippen LogP contribution in [0.3, 0.4) is 0 Å². The van der Waals surface area contributed by atoms with Crippen molar-refractivity contribution in [2.75, 3.05) is 18.0 Å². The molecule has 98 valence electrons. The zero-order chi connectivity index (χ0) is 13.3. The standard InChI is InChI=1S/C11H15ClN4O2/c1-7-2-8(13)6-15(5-7)11-10(12)3-9(4-14-11)16(17)18/h3-4,7-8H,2,5-6,13H2,1H3. The fourth-order valence-electron chi connectivity index (χ4n) is 2.33. The lowest BCUT2D eigenvalue weighted by molar-refractivity contribution is -0.385. The van der Waals surface area contributed by atoms with Crippen molar-refractivity contribution in [1.29, 1.82) is 0 Å². The summed E-state index contributed by atoms with van der Waals surface area (Å²) < 4.78 is 0. The number of hydrogen-bond donors (Lipinski definition) is 1. The molecule has 7 heteroatoms. The van der Waals surface area contributed by atoms with E-state index in [1.165, 1.54) is 12.3 Å². The van der Waals surface area contributed by atoms with Gasteiger partial charge in [0, 0.05) is 25.2 Å². The van der Waals surface area contributed by atoms with Crippen molar-refractivity contribution < 1.29 is 4.92 Å². The molecule has 1 aliphatic rings. The molecule has 0 bridgehead atoms. The Bertz CT molecular complexity index is 458. The van der Waals surface area contributed by atoms with Gasteiger partial charge in [0.1, 0.15) is 12.0 Å². The molecule has 2 atom stereocenters. The molecule has 0 aliphatic carbocycles. The van der Waals surface area contributed by atoms with Crippen LogP contribution in [0.1, 0.15) is 13.3 Å². The SMILES string of the molecule is CC1CC(N)CN(c2ncc([N+](=O)[O-])cc2Cl)C1. The number of piperidine rings is 1. The first-order valence-electron chi connectivity index (χ1n) is 5.78. The van der Waals surface area contributed by atoms with E-state index in [1.54, 1.807) is 0 Å². The molecule has 2 N–H and O–H groups in total. The van der Waals surface area contributed by atoms with Crippen molar-refractivity contribution in [2.24, 2.45) is 11.7 Å². The number of halogens is 1. The van der Waals surface area contributed by atoms with Gasteiger partial charge in [0.2, 0.25) is 0 Å². The van der Waals surface area contributed by atoms with Gasteiger partial charge in [-0.25, -0.2) is 4.98 Å². The molecule has 0 radical (unpaired) electrons. The summed E-state index contributed by atoms with van der Waals surface area (Å²) >= 11 is 6.05. The average molecular weight is 271 g/mol. The lowest BCUT2D eigenvalue weighted by atomic mass is 9.96. The van der Waals surface area contributed by atoms with Crippen LogP contribution in [0.2, 0.25) is 5.02 Å². The van der Waals surface area contributed by atoms with Gasteiger partial charge in [-0.2, -0.15) is 0 Å². The van der Waals surface area contributed by atoms with E-state index in [0.29, 0.717) is 23.3 Å². The second-order valence-corrected chi connectivity index (χ2v) is 5.17. The monoisotopic (exact) mass is 270 g/mol. The summed E-state index contributed by atoms with van der Waals surface area (Å²) in [6.45, 7) is 3.61. The first-order valence-corrected chi connectivity index (χ1v) is 6.15. The maximum absolute atomic E-state index is 10.6. The number of nitrogens with two attached hydrogens (primary N) is 1. The molecular weight excluding hydrogens is 256 g/mol. The number of nitro groups is 1. The molecule has 1 aromatic rings. The highest BCUT2D eigenvalue weighted by molar-refractivity contribution is 6.33. The summed E-state index contributed by atoms with van der Waals surface area (Å²) in [4.78, 5) is 16.2. The summed E-state index contributed by atoms with van der Waals surface area (Å²) in [5.74, 6) is 1.03. The van der Waals surface area contributed by atoms with Crippen LogP contribution in [0, 0.1) is 16.0 Å². The average Bonchev–Trinajstić information content (AvgIpc) is 2.27. The topological polar surface area (TPSA) is 85.3 Å². The van der Waals surface area contributed by atoms with Gasteiger partial charge >= 0.3 is 0 Å². The highest BCUT2D eigenvalue weighted by Gasteiger charge is 2.25. The molecule has 0 amide bonds. The fourth-order valence-corrected chi connectivity index (χ4v) is 2.61. The highest BCUT2D eigenvalue weighted by Crippen LogP contribution is 2.29. The van der Waals surface area contributed by atoms with E-state index in [9.17, 15) is 10.1 Å². The van der Waals surface area contributed by atoms with Crippen molar-refractivity contribution in [3.05, 3.63) is 27.4 Å². The van der Waals surface area contributed by atoms with Crippen LogP contribution in [0.25, 0.3) is 0 Å². The Morgan fingerprint density at radius 1 is 1.61 bits per heavy atom. The largest absolute Gasteiger partial charge is 0.354 e. The maximum Gasteiger partial charge on any atom is 0.289 e. The predicted octanol–water partition coefficient (Wildman–Crippen LogP) is 1.82. The van der Waals surface area contributed by atoms with Gasteiger partial charge < -0.3 is 10.6 Å². The van der Waals surface area contributed by atoms with E-state index >= 15 is 0 Å². The van der Waals surface area contributed by atoms with Crippen LogP contribution in [0.15, 0.2) is 12.3 Å². The lowest BCUT2D eigenvalue weighted by Gasteiger charge is -2.35. The van der Waals surface area contributed by atoms with Gasteiger partial charge in [0.15, 0.2) is 0 Å². The van der Waals surface area contributed by atoms with E-state index < -0.39 is 4.92 Å². The number of hydrogen-bond acceptors (Lipinski definition) is 5. The molecule has 1 aromatic heterocycles. The van der Waals surface area contributed by atoms with Crippen LogP contribution in [0.4, 0.5) is 11.5 Å². The van der Waals surface area contributed by atoms with Gasteiger partial charge in [0.25, 0.3) is 5.69 Å². The number of rotatable bonds is 2. The molecule has 0 spiro atoms. The minimum Gasteiger partial charge on any atom is -0.354 e. The summed E-state index contributed by atoms with van der Waals surface area (Å²) in [6, 6.07) is 1.41. The summed E-state index contributed by atoms with van der Waals surface area (Å²) in [7, 11) is 0.